The third kappa shape index (κ3) is 2.47. The predicted molar refractivity (Wildman–Crippen MR) is 79.0 cm³/mol. The van der Waals surface area contributed by atoms with Crippen LogP contribution in [0.4, 0.5) is 0 Å². The molecule has 3 N–H and O–H groups in total. The first kappa shape index (κ1) is 13.6. The van der Waals surface area contributed by atoms with Crippen molar-refractivity contribution in [2.75, 3.05) is 6.61 Å². The van der Waals surface area contributed by atoms with E-state index in [0.717, 1.165) is 19.4 Å². The third-order valence-electron chi connectivity index (χ3n) is 4.89. The Morgan fingerprint density at radius 2 is 2.42 bits per heavy atom. The van der Waals surface area contributed by atoms with Crippen molar-refractivity contribution in [1.82, 2.24) is 5.43 Å². The largest absolute Gasteiger partial charge is 0.375 e. The van der Waals surface area contributed by atoms with Gasteiger partial charge in [-0.1, -0.05) is 6.92 Å². The van der Waals surface area contributed by atoms with E-state index in [0.29, 0.717) is 12.0 Å². The van der Waals surface area contributed by atoms with Crippen LogP contribution in [-0.2, 0) is 11.2 Å². The molecule has 3 nitrogen and oxygen atoms in total. The molecule has 2 atom stereocenters. The van der Waals surface area contributed by atoms with Crippen LogP contribution >= 0.6 is 11.3 Å². The Hall–Kier alpha value is -0.420. The summed E-state index contributed by atoms with van der Waals surface area (Å²) in [5.41, 5.74) is 4.73. The summed E-state index contributed by atoms with van der Waals surface area (Å²) in [7, 11) is 0. The molecule has 2 heterocycles. The zero-order chi connectivity index (χ0) is 13.3. The van der Waals surface area contributed by atoms with Crippen molar-refractivity contribution < 1.29 is 4.74 Å². The van der Waals surface area contributed by atoms with E-state index in [1.165, 1.54) is 36.1 Å². The predicted octanol–water partition coefficient (Wildman–Crippen LogP) is 3.16. The quantitative estimate of drug-likeness (QED) is 0.658. The first-order valence-corrected chi connectivity index (χ1v) is 8.32. The lowest BCUT2D eigenvalue weighted by molar-refractivity contribution is -0.147. The van der Waals surface area contributed by atoms with Gasteiger partial charge in [0.15, 0.2) is 0 Å². The minimum Gasteiger partial charge on any atom is -0.375 e. The van der Waals surface area contributed by atoms with E-state index in [-0.39, 0.29) is 5.60 Å². The molecule has 1 saturated heterocycles. The molecule has 0 radical (unpaired) electrons. The smallest absolute Gasteiger partial charge is 0.0686 e. The van der Waals surface area contributed by atoms with E-state index in [4.69, 9.17) is 10.6 Å². The molecule has 1 saturated carbocycles. The summed E-state index contributed by atoms with van der Waals surface area (Å²) < 4.78 is 6.04. The molecule has 1 aromatic heterocycles. The van der Waals surface area contributed by atoms with Crippen LogP contribution in [0.25, 0.3) is 0 Å². The third-order valence-corrected chi connectivity index (χ3v) is 5.93. The summed E-state index contributed by atoms with van der Waals surface area (Å²) in [5, 5.41) is 2.19. The number of hydrazine groups is 1. The molecule has 0 bridgehead atoms. The summed E-state index contributed by atoms with van der Waals surface area (Å²) in [4.78, 5) is 1.44. The highest BCUT2D eigenvalue weighted by Crippen LogP contribution is 2.47. The van der Waals surface area contributed by atoms with Gasteiger partial charge in [-0.05, 0) is 61.5 Å². The van der Waals surface area contributed by atoms with Crippen LogP contribution in [0.1, 0.15) is 55.5 Å². The van der Waals surface area contributed by atoms with Crippen molar-refractivity contribution in [3.63, 3.8) is 0 Å². The monoisotopic (exact) mass is 280 g/mol. The minimum atomic E-state index is 0.196. The van der Waals surface area contributed by atoms with Gasteiger partial charge in [-0.15, -0.1) is 11.3 Å². The number of ether oxygens (including phenoxy) is 1. The van der Waals surface area contributed by atoms with Gasteiger partial charge in [0.05, 0.1) is 11.6 Å². The Labute approximate surface area is 119 Å². The number of hydrogen-bond donors (Lipinski definition) is 2. The molecule has 1 spiro atoms. The van der Waals surface area contributed by atoms with Crippen LogP contribution in [0, 0.1) is 5.92 Å². The average molecular weight is 280 g/mol. The van der Waals surface area contributed by atoms with Crippen LogP contribution in [0.5, 0.6) is 0 Å². The number of rotatable bonds is 4. The van der Waals surface area contributed by atoms with Gasteiger partial charge >= 0.3 is 0 Å². The summed E-state index contributed by atoms with van der Waals surface area (Å²) in [6.45, 7) is 3.12. The van der Waals surface area contributed by atoms with E-state index in [1.807, 2.05) is 11.3 Å². The highest BCUT2D eigenvalue weighted by Gasteiger charge is 2.44. The Kier molecular flexibility index (Phi) is 3.94. The topological polar surface area (TPSA) is 47.3 Å². The van der Waals surface area contributed by atoms with Gasteiger partial charge in [-0.25, -0.2) is 0 Å². The molecular formula is C15H24N2OS. The van der Waals surface area contributed by atoms with E-state index >= 15 is 0 Å². The van der Waals surface area contributed by atoms with Gasteiger partial charge in [-0.2, -0.15) is 0 Å². The molecule has 1 aromatic rings. The van der Waals surface area contributed by atoms with Gasteiger partial charge in [-0.3, -0.25) is 11.3 Å². The summed E-state index contributed by atoms with van der Waals surface area (Å²) >= 11 is 1.84. The second kappa shape index (κ2) is 5.52. The van der Waals surface area contributed by atoms with Crippen LogP contribution in [0.3, 0.4) is 0 Å². The standard InChI is InChI=1S/C15H24N2OS/c1-2-11-5-9-19-14(11)13(17-16)12-4-8-18-15(10-12)6-3-7-15/h5,9,12-13,17H,2-4,6-8,10,16H2,1H3. The second-order valence-corrected chi connectivity index (χ2v) is 6.89. The molecule has 1 aliphatic heterocycles. The number of nitrogens with one attached hydrogen (secondary N) is 1. The Bertz CT molecular complexity index is 428. The van der Waals surface area contributed by atoms with Gasteiger partial charge in [0, 0.05) is 11.5 Å². The van der Waals surface area contributed by atoms with Crippen LogP contribution in [0.15, 0.2) is 11.4 Å². The zero-order valence-corrected chi connectivity index (χ0v) is 12.5. The maximum absolute atomic E-state index is 6.04. The molecule has 2 aliphatic rings. The second-order valence-electron chi connectivity index (χ2n) is 5.95. The van der Waals surface area contributed by atoms with Gasteiger partial charge < -0.3 is 4.74 Å². The fourth-order valence-electron chi connectivity index (χ4n) is 3.61. The SMILES string of the molecule is CCc1ccsc1C(NN)C1CCOC2(CCC2)C1. The summed E-state index contributed by atoms with van der Waals surface area (Å²) in [5.74, 6) is 6.50. The van der Waals surface area contributed by atoms with Crippen molar-refractivity contribution in [1.29, 1.82) is 0 Å². The molecule has 4 heteroatoms. The fraction of sp³-hybridized carbons (Fsp3) is 0.733. The molecule has 2 fully saturated rings. The molecule has 0 amide bonds. The maximum Gasteiger partial charge on any atom is 0.0686 e. The molecule has 19 heavy (non-hydrogen) atoms. The Morgan fingerprint density at radius 1 is 1.58 bits per heavy atom. The van der Waals surface area contributed by atoms with Crippen molar-refractivity contribution in [3.8, 4) is 0 Å². The van der Waals surface area contributed by atoms with E-state index in [2.05, 4.69) is 23.8 Å². The van der Waals surface area contributed by atoms with Gasteiger partial charge in [0.1, 0.15) is 0 Å². The summed E-state index contributed by atoms with van der Waals surface area (Å²) in [6.07, 6.45) is 7.19. The minimum absolute atomic E-state index is 0.196. The van der Waals surface area contributed by atoms with E-state index in [9.17, 15) is 0 Å². The van der Waals surface area contributed by atoms with Crippen molar-refractivity contribution in [2.24, 2.45) is 11.8 Å². The van der Waals surface area contributed by atoms with Crippen molar-refractivity contribution in [2.45, 2.75) is 57.1 Å². The molecule has 3 rings (SSSR count). The first-order chi connectivity index (χ1) is 9.28. The maximum atomic E-state index is 6.04. The van der Waals surface area contributed by atoms with Crippen LogP contribution in [-0.4, -0.2) is 12.2 Å². The zero-order valence-electron chi connectivity index (χ0n) is 11.7. The lowest BCUT2D eigenvalue weighted by atomic mass is 9.70. The fourth-order valence-corrected chi connectivity index (χ4v) is 4.76. The lowest BCUT2D eigenvalue weighted by Crippen LogP contribution is -2.48. The van der Waals surface area contributed by atoms with Gasteiger partial charge in [0.2, 0.25) is 0 Å². The van der Waals surface area contributed by atoms with Crippen LogP contribution in [0.2, 0.25) is 0 Å². The normalized spacial score (nSPS) is 27.2. The van der Waals surface area contributed by atoms with Crippen LogP contribution < -0.4 is 11.3 Å². The average Bonchev–Trinajstić information content (AvgIpc) is 2.86. The molecule has 1 aliphatic carbocycles. The summed E-state index contributed by atoms with van der Waals surface area (Å²) in [6, 6.07) is 2.54. The van der Waals surface area contributed by atoms with E-state index in [1.54, 1.807) is 0 Å². The highest BCUT2D eigenvalue weighted by molar-refractivity contribution is 7.10. The Balaban J connectivity index is 1.78. The van der Waals surface area contributed by atoms with Crippen molar-refractivity contribution >= 4 is 11.3 Å². The van der Waals surface area contributed by atoms with Gasteiger partial charge in [0.25, 0.3) is 0 Å². The van der Waals surface area contributed by atoms with E-state index < -0.39 is 0 Å². The Morgan fingerprint density at radius 3 is 3.05 bits per heavy atom. The number of thiophene rings is 1. The molecule has 0 aromatic carbocycles. The number of nitrogens with two attached hydrogens (primary N) is 1. The number of aryl methyl sites for hydroxylation is 1. The van der Waals surface area contributed by atoms with Crippen molar-refractivity contribution in [3.05, 3.63) is 21.9 Å². The molecular weight excluding hydrogens is 256 g/mol. The lowest BCUT2D eigenvalue weighted by Gasteiger charge is -2.48. The number of hydrogen-bond acceptors (Lipinski definition) is 4. The first-order valence-electron chi connectivity index (χ1n) is 7.44. The molecule has 2 unspecified atom stereocenters. The molecule has 106 valence electrons. The highest BCUT2D eigenvalue weighted by atomic mass is 32.1.